The minimum absolute atomic E-state index is 0.459. The summed E-state index contributed by atoms with van der Waals surface area (Å²) in [6, 6.07) is 2.98. The fourth-order valence-electron chi connectivity index (χ4n) is 1.06. The van der Waals surface area contributed by atoms with Gasteiger partial charge in [0.05, 0.1) is 12.5 Å². The van der Waals surface area contributed by atoms with E-state index in [4.69, 9.17) is 10.5 Å². The van der Waals surface area contributed by atoms with Crippen LogP contribution >= 0.6 is 0 Å². The zero-order valence-corrected chi connectivity index (χ0v) is 7.34. The van der Waals surface area contributed by atoms with Crippen LogP contribution in [0.4, 0.5) is 13.2 Å². The summed E-state index contributed by atoms with van der Waals surface area (Å²) in [5.74, 6) is -1.14. The molecule has 1 rings (SSSR count). The van der Waals surface area contributed by atoms with Gasteiger partial charge in [0.25, 0.3) is 6.43 Å². The van der Waals surface area contributed by atoms with E-state index in [1.54, 1.807) is 6.07 Å². The molecule has 0 amide bonds. The Morgan fingerprint density at radius 2 is 2.07 bits per heavy atom. The molecule has 6 heteroatoms. The van der Waals surface area contributed by atoms with Gasteiger partial charge in [-0.15, -0.1) is 0 Å². The molecule has 0 aliphatic carbocycles. The van der Waals surface area contributed by atoms with Crippen LogP contribution in [0.5, 0.6) is 0 Å². The Hall–Kier alpha value is -2.08. The van der Waals surface area contributed by atoms with Gasteiger partial charge in [0.1, 0.15) is 6.07 Å². The Morgan fingerprint density at radius 3 is 2.53 bits per heavy atom. The Labute approximate surface area is 83.4 Å². The molecular weight excluding hydrogens is 207 g/mol. The van der Waals surface area contributed by atoms with E-state index < -0.39 is 35.5 Å². The van der Waals surface area contributed by atoms with Gasteiger partial charge in [0.2, 0.25) is 0 Å². The van der Waals surface area contributed by atoms with Crippen LogP contribution in [-0.2, 0) is 6.42 Å². The van der Waals surface area contributed by atoms with Gasteiger partial charge in [-0.2, -0.15) is 10.5 Å². The van der Waals surface area contributed by atoms with Crippen molar-refractivity contribution >= 4 is 0 Å². The van der Waals surface area contributed by atoms with Crippen molar-refractivity contribution < 1.29 is 13.2 Å². The maximum Gasteiger partial charge on any atom is 0.265 e. The second kappa shape index (κ2) is 4.43. The molecule has 1 heterocycles. The van der Waals surface area contributed by atoms with Crippen molar-refractivity contribution in [1.82, 2.24) is 4.98 Å². The molecule has 0 unspecified atom stereocenters. The molecule has 3 nitrogen and oxygen atoms in total. The number of nitrogens with zero attached hydrogens (tertiary/aromatic N) is 3. The van der Waals surface area contributed by atoms with Gasteiger partial charge in [-0.1, -0.05) is 0 Å². The van der Waals surface area contributed by atoms with Gasteiger partial charge in [0, 0.05) is 17.3 Å². The molecule has 0 aliphatic rings. The van der Waals surface area contributed by atoms with Crippen LogP contribution in [0.25, 0.3) is 0 Å². The fourth-order valence-corrected chi connectivity index (χ4v) is 1.06. The van der Waals surface area contributed by atoms with Crippen LogP contribution in [0.3, 0.4) is 0 Å². The number of hydrogen-bond donors (Lipinski definition) is 0. The Balaban J connectivity index is 3.40. The molecule has 0 saturated carbocycles. The first-order chi connectivity index (χ1) is 7.11. The highest BCUT2D eigenvalue weighted by molar-refractivity contribution is 5.36. The SMILES string of the molecule is N#CCc1c(C(F)F)cnc(C#N)c1F. The highest BCUT2D eigenvalue weighted by atomic mass is 19.3. The molecule has 0 saturated heterocycles. The summed E-state index contributed by atoms with van der Waals surface area (Å²) in [6.45, 7) is 0. The van der Waals surface area contributed by atoms with Crippen LogP contribution < -0.4 is 0 Å². The molecule has 15 heavy (non-hydrogen) atoms. The number of nitriles is 2. The number of hydrogen-bond acceptors (Lipinski definition) is 3. The van der Waals surface area contributed by atoms with Crippen molar-refractivity contribution in [3.8, 4) is 12.1 Å². The van der Waals surface area contributed by atoms with Gasteiger partial charge in [0.15, 0.2) is 11.5 Å². The number of rotatable bonds is 2. The average molecular weight is 211 g/mol. The molecule has 76 valence electrons. The van der Waals surface area contributed by atoms with E-state index in [-0.39, 0.29) is 0 Å². The zero-order valence-electron chi connectivity index (χ0n) is 7.34. The van der Waals surface area contributed by atoms with Crippen LogP contribution in [0, 0.1) is 28.5 Å². The van der Waals surface area contributed by atoms with E-state index in [0.29, 0.717) is 0 Å². The lowest BCUT2D eigenvalue weighted by Gasteiger charge is -2.06. The third kappa shape index (κ3) is 2.05. The Morgan fingerprint density at radius 1 is 1.40 bits per heavy atom. The van der Waals surface area contributed by atoms with Crippen LogP contribution in [0.2, 0.25) is 0 Å². The minimum Gasteiger partial charge on any atom is -0.242 e. The topological polar surface area (TPSA) is 60.5 Å². The van der Waals surface area contributed by atoms with Gasteiger partial charge < -0.3 is 0 Å². The maximum absolute atomic E-state index is 13.3. The van der Waals surface area contributed by atoms with E-state index >= 15 is 0 Å². The van der Waals surface area contributed by atoms with E-state index in [0.717, 1.165) is 6.20 Å². The van der Waals surface area contributed by atoms with Crippen molar-refractivity contribution in [1.29, 1.82) is 10.5 Å². The number of pyridine rings is 1. The molecule has 0 atom stereocenters. The molecular formula is C9H4F3N3. The lowest BCUT2D eigenvalue weighted by molar-refractivity contribution is 0.149. The predicted octanol–water partition coefficient (Wildman–Crippen LogP) is 2.10. The van der Waals surface area contributed by atoms with E-state index in [2.05, 4.69) is 4.98 Å². The quantitative estimate of drug-likeness (QED) is 0.752. The van der Waals surface area contributed by atoms with Gasteiger partial charge in [-0.3, -0.25) is 0 Å². The molecule has 0 bridgehead atoms. The van der Waals surface area contributed by atoms with Crippen molar-refractivity contribution in [3.05, 3.63) is 28.8 Å². The second-order valence-corrected chi connectivity index (χ2v) is 2.60. The lowest BCUT2D eigenvalue weighted by atomic mass is 10.1. The fraction of sp³-hybridized carbons (Fsp3) is 0.222. The van der Waals surface area contributed by atoms with E-state index in [1.165, 1.54) is 6.07 Å². The van der Waals surface area contributed by atoms with Gasteiger partial charge in [-0.25, -0.2) is 18.2 Å². The van der Waals surface area contributed by atoms with E-state index in [1.807, 2.05) is 0 Å². The first-order valence-electron chi connectivity index (χ1n) is 3.84. The smallest absolute Gasteiger partial charge is 0.242 e. The summed E-state index contributed by atoms with van der Waals surface area (Å²) >= 11 is 0. The first kappa shape index (κ1) is 11.0. The number of aromatic nitrogens is 1. The Kier molecular flexibility index (Phi) is 3.25. The highest BCUT2D eigenvalue weighted by Crippen LogP contribution is 2.25. The summed E-state index contributed by atoms with van der Waals surface area (Å²) in [4.78, 5) is 3.24. The standard InChI is InChI=1S/C9H4F3N3/c10-8-5(1-2-13)6(9(11)12)4-15-7(8)3-14/h4,9H,1H2. The highest BCUT2D eigenvalue weighted by Gasteiger charge is 2.20. The Bertz CT molecular complexity index is 457. The van der Waals surface area contributed by atoms with Crippen LogP contribution in [-0.4, -0.2) is 4.98 Å². The van der Waals surface area contributed by atoms with Crippen LogP contribution in [0.15, 0.2) is 6.20 Å². The van der Waals surface area contributed by atoms with Crippen molar-refractivity contribution in [2.75, 3.05) is 0 Å². The zero-order chi connectivity index (χ0) is 11.4. The van der Waals surface area contributed by atoms with Crippen molar-refractivity contribution in [2.45, 2.75) is 12.8 Å². The second-order valence-electron chi connectivity index (χ2n) is 2.60. The van der Waals surface area contributed by atoms with Gasteiger partial charge in [-0.05, 0) is 0 Å². The number of alkyl halides is 2. The average Bonchev–Trinajstić information content (AvgIpc) is 2.20. The number of halogens is 3. The first-order valence-corrected chi connectivity index (χ1v) is 3.84. The summed E-state index contributed by atoms with van der Waals surface area (Å²) < 4.78 is 38.0. The van der Waals surface area contributed by atoms with Gasteiger partial charge >= 0.3 is 0 Å². The van der Waals surface area contributed by atoms with E-state index in [9.17, 15) is 13.2 Å². The maximum atomic E-state index is 13.3. The monoisotopic (exact) mass is 211 g/mol. The predicted molar refractivity (Wildman–Crippen MR) is 43.2 cm³/mol. The molecule has 0 aromatic carbocycles. The molecule has 0 spiro atoms. The largest absolute Gasteiger partial charge is 0.265 e. The molecule has 1 aromatic rings. The molecule has 0 N–H and O–H groups in total. The summed E-state index contributed by atoms with van der Waals surface area (Å²) in [7, 11) is 0. The molecule has 0 aliphatic heterocycles. The summed E-state index contributed by atoms with van der Waals surface area (Å²) in [5.41, 5.74) is -1.68. The summed E-state index contributed by atoms with van der Waals surface area (Å²) in [6.07, 6.45) is -2.70. The normalized spacial score (nSPS) is 9.73. The lowest BCUT2D eigenvalue weighted by Crippen LogP contribution is -2.03. The van der Waals surface area contributed by atoms with Crippen molar-refractivity contribution in [3.63, 3.8) is 0 Å². The molecule has 0 fully saturated rings. The molecule has 0 radical (unpaired) electrons. The minimum atomic E-state index is -2.91. The third-order valence-corrected chi connectivity index (χ3v) is 1.75. The van der Waals surface area contributed by atoms with Crippen LogP contribution in [0.1, 0.15) is 23.2 Å². The third-order valence-electron chi connectivity index (χ3n) is 1.75. The molecule has 1 aromatic heterocycles. The van der Waals surface area contributed by atoms with Crippen molar-refractivity contribution in [2.24, 2.45) is 0 Å². The summed E-state index contributed by atoms with van der Waals surface area (Å²) in [5, 5.41) is 16.8.